The fourth-order valence-corrected chi connectivity index (χ4v) is 0.918. The van der Waals surface area contributed by atoms with Crippen molar-refractivity contribution in [1.29, 1.82) is 0 Å². The van der Waals surface area contributed by atoms with Gasteiger partial charge in [-0.3, -0.25) is 0 Å². The van der Waals surface area contributed by atoms with Crippen LogP contribution in [-0.4, -0.2) is 24.1 Å². The maximum absolute atomic E-state index is 11.8. The monoisotopic (exact) mass is 239 g/mol. The minimum absolute atomic E-state index is 1.66. The summed E-state index contributed by atoms with van der Waals surface area (Å²) in [5.74, 6) is 0. The van der Waals surface area contributed by atoms with Gasteiger partial charge < -0.3 is 17.2 Å². The molecule has 0 aliphatic heterocycles. The van der Waals surface area contributed by atoms with Gasteiger partial charge >= 0.3 is 12.4 Å². The number of hydrogen-bond acceptors (Lipinski definition) is 3. The molecule has 0 radical (unpaired) electrons. The van der Waals surface area contributed by atoms with Crippen molar-refractivity contribution < 1.29 is 26.3 Å². The molecule has 0 aromatic heterocycles. The molecule has 1 unspecified atom stereocenters. The molecular weight excluding hydrogens is 228 g/mol. The minimum Gasteiger partial charge on any atom is -0.325 e. The summed E-state index contributed by atoms with van der Waals surface area (Å²) in [6, 6.07) is -2.00. The molecule has 0 aromatic carbocycles. The van der Waals surface area contributed by atoms with Crippen LogP contribution < -0.4 is 17.2 Å². The van der Waals surface area contributed by atoms with Crippen LogP contribution >= 0.6 is 0 Å². The maximum atomic E-state index is 11.8. The average Bonchev–Trinajstić information content (AvgIpc) is 1.75. The number of halogens is 6. The lowest BCUT2D eigenvalue weighted by Gasteiger charge is -2.32. The summed E-state index contributed by atoms with van der Waals surface area (Å²) in [6.07, 6.45) is -12.9. The highest BCUT2D eigenvalue weighted by Gasteiger charge is 2.44. The average molecular weight is 239 g/mol. The molecule has 0 spiro atoms. The molecule has 92 valence electrons. The normalized spacial score (nSPS) is 16.6. The molecule has 0 amide bonds. The van der Waals surface area contributed by atoms with E-state index in [0.717, 1.165) is 0 Å². The predicted molar refractivity (Wildman–Crippen MR) is 40.4 cm³/mol. The quantitative estimate of drug-likeness (QED) is 0.504. The van der Waals surface area contributed by atoms with Crippen molar-refractivity contribution in [3.8, 4) is 0 Å². The van der Waals surface area contributed by atoms with Gasteiger partial charge in [0.15, 0.2) is 0 Å². The molecule has 1 atom stereocenters. The molecule has 0 aromatic rings. The van der Waals surface area contributed by atoms with Gasteiger partial charge in [-0.1, -0.05) is 0 Å². The van der Waals surface area contributed by atoms with Crippen LogP contribution in [0.1, 0.15) is 12.8 Å². The minimum atomic E-state index is -4.76. The first kappa shape index (κ1) is 14.5. The Morgan fingerprint density at radius 1 is 0.867 bits per heavy atom. The van der Waals surface area contributed by atoms with E-state index in [0.29, 0.717) is 0 Å². The molecule has 0 rings (SSSR count). The van der Waals surface area contributed by atoms with E-state index in [4.69, 9.17) is 17.2 Å². The van der Waals surface area contributed by atoms with E-state index in [1.807, 2.05) is 0 Å². The third kappa shape index (κ3) is 6.52. The molecule has 0 aliphatic rings. The van der Waals surface area contributed by atoms with Crippen LogP contribution in [0.25, 0.3) is 0 Å². The zero-order valence-corrected chi connectivity index (χ0v) is 7.49. The Balaban J connectivity index is 4.46. The predicted octanol–water partition coefficient (Wildman–Crippen LogP) is 0.832. The highest BCUT2D eigenvalue weighted by Crippen LogP contribution is 2.29. The summed E-state index contributed by atoms with van der Waals surface area (Å²) in [7, 11) is 0. The smallest absolute Gasteiger partial charge is 0.325 e. The Morgan fingerprint density at radius 3 is 1.53 bits per heavy atom. The van der Waals surface area contributed by atoms with E-state index in [1.165, 1.54) is 0 Å². The maximum Gasteiger partial charge on any atom is 0.392 e. The van der Waals surface area contributed by atoms with Crippen LogP contribution in [0.4, 0.5) is 26.3 Å². The second-order valence-corrected chi connectivity index (χ2v) is 3.33. The molecule has 9 heteroatoms. The fraction of sp³-hybridized carbons (Fsp3) is 1.00. The molecule has 15 heavy (non-hydrogen) atoms. The lowest BCUT2D eigenvalue weighted by atomic mass is 9.96. The third-order valence-electron chi connectivity index (χ3n) is 1.65. The molecule has 0 fully saturated rings. The lowest BCUT2D eigenvalue weighted by molar-refractivity contribution is -0.162. The zero-order chi connectivity index (χ0) is 12.5. The van der Waals surface area contributed by atoms with Crippen molar-refractivity contribution in [3.63, 3.8) is 0 Å². The van der Waals surface area contributed by atoms with Crippen molar-refractivity contribution in [2.75, 3.05) is 0 Å². The largest absolute Gasteiger partial charge is 0.392 e. The van der Waals surface area contributed by atoms with Gasteiger partial charge in [0.25, 0.3) is 0 Å². The second kappa shape index (κ2) is 4.14. The van der Waals surface area contributed by atoms with E-state index in [9.17, 15) is 26.3 Å². The summed E-state index contributed by atoms with van der Waals surface area (Å²) in [4.78, 5) is 0. The molecule has 0 bridgehead atoms. The van der Waals surface area contributed by atoms with Crippen molar-refractivity contribution in [1.82, 2.24) is 0 Å². The molecule has 0 saturated carbocycles. The number of alkyl halides is 6. The van der Waals surface area contributed by atoms with Gasteiger partial charge in [-0.2, -0.15) is 26.3 Å². The number of nitrogens with two attached hydrogens (primary N) is 3. The van der Waals surface area contributed by atoms with Gasteiger partial charge in [0.2, 0.25) is 0 Å². The summed E-state index contributed by atoms with van der Waals surface area (Å²) in [5.41, 5.74) is 12.0. The molecule has 0 aliphatic carbocycles. The molecule has 3 nitrogen and oxygen atoms in total. The fourth-order valence-electron chi connectivity index (χ4n) is 0.918. The Hall–Kier alpha value is -0.540. The standard InChI is InChI=1S/C6H11F6N3/c7-5(8,9)1-3(13)4(14,15)2-6(10,11)12/h3H,1-2,13-15H2. The Bertz CT molecular complexity index is 208. The van der Waals surface area contributed by atoms with E-state index >= 15 is 0 Å². The van der Waals surface area contributed by atoms with Crippen molar-refractivity contribution in [2.45, 2.75) is 36.9 Å². The van der Waals surface area contributed by atoms with E-state index in [2.05, 4.69) is 0 Å². The van der Waals surface area contributed by atoms with Crippen LogP contribution in [-0.2, 0) is 0 Å². The Labute approximate surface area is 81.6 Å². The highest BCUT2D eigenvalue weighted by atomic mass is 19.4. The summed E-state index contributed by atoms with van der Waals surface area (Å²) >= 11 is 0. The first-order chi connectivity index (χ1) is 6.33. The second-order valence-electron chi connectivity index (χ2n) is 3.33. The Kier molecular flexibility index (Phi) is 3.99. The topological polar surface area (TPSA) is 78.1 Å². The molecule has 0 heterocycles. The first-order valence-corrected chi connectivity index (χ1v) is 3.80. The van der Waals surface area contributed by atoms with E-state index < -0.39 is 36.9 Å². The van der Waals surface area contributed by atoms with Crippen LogP contribution in [0.2, 0.25) is 0 Å². The van der Waals surface area contributed by atoms with Crippen LogP contribution in [0.15, 0.2) is 0 Å². The van der Waals surface area contributed by atoms with Gasteiger partial charge in [-0.15, -0.1) is 0 Å². The third-order valence-corrected chi connectivity index (χ3v) is 1.65. The van der Waals surface area contributed by atoms with Gasteiger partial charge in [0.1, 0.15) is 0 Å². The number of rotatable bonds is 3. The molecule has 6 N–H and O–H groups in total. The first-order valence-electron chi connectivity index (χ1n) is 3.80. The van der Waals surface area contributed by atoms with Gasteiger partial charge in [-0.05, 0) is 0 Å². The summed E-state index contributed by atoms with van der Waals surface area (Å²) < 4.78 is 70.9. The van der Waals surface area contributed by atoms with Crippen molar-refractivity contribution >= 4 is 0 Å². The number of hydrogen-bond donors (Lipinski definition) is 3. The Morgan fingerprint density at radius 2 is 1.27 bits per heavy atom. The van der Waals surface area contributed by atoms with Crippen LogP contribution in [0.3, 0.4) is 0 Å². The summed E-state index contributed by atoms with van der Waals surface area (Å²) in [6.45, 7) is 0. The molecule has 0 saturated heterocycles. The summed E-state index contributed by atoms with van der Waals surface area (Å²) in [5, 5.41) is 0. The molecular formula is C6H11F6N3. The highest BCUT2D eigenvalue weighted by molar-refractivity contribution is 4.91. The van der Waals surface area contributed by atoms with Gasteiger partial charge in [0, 0.05) is 6.04 Å². The van der Waals surface area contributed by atoms with Crippen LogP contribution in [0, 0.1) is 0 Å². The van der Waals surface area contributed by atoms with E-state index in [-0.39, 0.29) is 0 Å². The van der Waals surface area contributed by atoms with Crippen LogP contribution in [0.5, 0.6) is 0 Å². The zero-order valence-electron chi connectivity index (χ0n) is 7.49. The van der Waals surface area contributed by atoms with Gasteiger partial charge in [0.05, 0.1) is 18.5 Å². The van der Waals surface area contributed by atoms with Crippen molar-refractivity contribution in [3.05, 3.63) is 0 Å². The van der Waals surface area contributed by atoms with Crippen molar-refractivity contribution in [2.24, 2.45) is 17.2 Å². The van der Waals surface area contributed by atoms with Gasteiger partial charge in [-0.25, -0.2) is 0 Å². The van der Waals surface area contributed by atoms with E-state index in [1.54, 1.807) is 0 Å². The SMILES string of the molecule is NC(CC(F)(F)F)C(N)(N)CC(F)(F)F. The lowest BCUT2D eigenvalue weighted by Crippen LogP contribution is -2.65.